The van der Waals surface area contributed by atoms with E-state index in [9.17, 15) is 4.79 Å². The van der Waals surface area contributed by atoms with Gasteiger partial charge in [0.15, 0.2) is 5.16 Å². The summed E-state index contributed by atoms with van der Waals surface area (Å²) in [4.78, 5) is 15.1. The second-order valence-electron chi connectivity index (χ2n) is 5.55. The molecular formula is C13H20N2O3S. The molecule has 1 N–H and O–H groups in total. The van der Waals surface area contributed by atoms with E-state index in [0.717, 1.165) is 17.3 Å². The van der Waals surface area contributed by atoms with Crippen LogP contribution in [-0.4, -0.2) is 39.6 Å². The number of hydrogen-bond acceptors (Lipinski definition) is 4. The van der Waals surface area contributed by atoms with Crippen LogP contribution in [0, 0.1) is 12.3 Å². The molecule has 0 saturated heterocycles. The summed E-state index contributed by atoms with van der Waals surface area (Å²) in [7, 11) is 1.74. The first-order chi connectivity index (χ1) is 8.86. The van der Waals surface area contributed by atoms with Crippen molar-refractivity contribution >= 4 is 17.7 Å². The largest absolute Gasteiger partial charge is 0.481 e. The highest BCUT2D eigenvalue weighted by molar-refractivity contribution is 7.99. The molecule has 106 valence electrons. The number of nitrogens with zero attached hydrogens (tertiary/aromatic N) is 2. The van der Waals surface area contributed by atoms with Crippen molar-refractivity contribution < 1.29 is 14.6 Å². The summed E-state index contributed by atoms with van der Waals surface area (Å²) in [5, 5.41) is 9.57. The summed E-state index contributed by atoms with van der Waals surface area (Å²) in [6, 6.07) is 0.315. The summed E-state index contributed by atoms with van der Waals surface area (Å²) >= 11 is 1.27. The number of methoxy groups -OCH3 is 1. The van der Waals surface area contributed by atoms with E-state index in [4.69, 9.17) is 9.84 Å². The van der Waals surface area contributed by atoms with E-state index in [-0.39, 0.29) is 17.3 Å². The van der Waals surface area contributed by atoms with Gasteiger partial charge in [-0.1, -0.05) is 25.6 Å². The summed E-state index contributed by atoms with van der Waals surface area (Å²) in [5.41, 5.74) is 0.963. The molecule has 0 spiro atoms. The molecule has 0 amide bonds. The predicted octanol–water partition coefficient (Wildman–Crippen LogP) is 2.35. The molecule has 1 heterocycles. The van der Waals surface area contributed by atoms with E-state index in [1.165, 1.54) is 11.8 Å². The smallest absolute Gasteiger partial charge is 0.313 e. The molecule has 5 nitrogen and oxygen atoms in total. The van der Waals surface area contributed by atoms with Crippen LogP contribution in [0.5, 0.6) is 0 Å². The number of rotatable bonds is 5. The lowest BCUT2D eigenvalue weighted by molar-refractivity contribution is -0.133. The molecule has 19 heavy (non-hydrogen) atoms. The van der Waals surface area contributed by atoms with Crippen molar-refractivity contribution in [2.24, 2.45) is 5.41 Å². The maximum absolute atomic E-state index is 10.7. The lowest BCUT2D eigenvalue weighted by Crippen LogP contribution is -2.51. The summed E-state index contributed by atoms with van der Waals surface area (Å²) in [6.07, 6.45) is 3.19. The maximum atomic E-state index is 10.7. The van der Waals surface area contributed by atoms with Gasteiger partial charge in [-0.05, 0) is 13.3 Å². The molecular weight excluding hydrogens is 264 g/mol. The molecule has 0 aliphatic heterocycles. The zero-order valence-electron chi connectivity index (χ0n) is 11.7. The average Bonchev–Trinajstić information content (AvgIpc) is 2.66. The van der Waals surface area contributed by atoms with Gasteiger partial charge in [0.1, 0.15) is 0 Å². The Morgan fingerprint density at radius 1 is 1.68 bits per heavy atom. The Kier molecular flexibility index (Phi) is 3.92. The SMILES string of the molecule is COC1CC(n2cc(C)nc2SCC(=O)O)C1(C)C. The molecule has 6 heteroatoms. The number of thioether (sulfide) groups is 1. The predicted molar refractivity (Wildman–Crippen MR) is 73.6 cm³/mol. The van der Waals surface area contributed by atoms with Crippen LogP contribution >= 0.6 is 11.8 Å². The van der Waals surface area contributed by atoms with Crippen LogP contribution in [0.15, 0.2) is 11.4 Å². The minimum absolute atomic E-state index is 0.0390. The number of ether oxygens (including phenoxy) is 1. The topological polar surface area (TPSA) is 64.4 Å². The van der Waals surface area contributed by atoms with Gasteiger partial charge in [-0.15, -0.1) is 0 Å². The molecule has 1 aromatic rings. The van der Waals surface area contributed by atoms with Gasteiger partial charge in [0.25, 0.3) is 0 Å². The van der Waals surface area contributed by atoms with Gasteiger partial charge in [0, 0.05) is 24.8 Å². The Bertz CT molecular complexity index is 484. The van der Waals surface area contributed by atoms with Crippen molar-refractivity contribution in [2.45, 2.75) is 44.5 Å². The third kappa shape index (κ3) is 2.65. The Balaban J connectivity index is 2.19. The number of carboxylic acids is 1. The molecule has 0 radical (unpaired) electrons. The molecule has 0 bridgehead atoms. The monoisotopic (exact) mass is 284 g/mol. The number of aliphatic carboxylic acids is 1. The Morgan fingerprint density at radius 3 is 2.89 bits per heavy atom. The number of carboxylic acid groups (broad SMARTS) is 1. The van der Waals surface area contributed by atoms with Crippen LogP contribution in [0.3, 0.4) is 0 Å². The fraction of sp³-hybridized carbons (Fsp3) is 0.692. The van der Waals surface area contributed by atoms with Crippen LogP contribution in [0.25, 0.3) is 0 Å². The van der Waals surface area contributed by atoms with Gasteiger partial charge < -0.3 is 14.4 Å². The third-order valence-corrected chi connectivity index (χ3v) is 4.84. The van der Waals surface area contributed by atoms with Gasteiger partial charge >= 0.3 is 5.97 Å². The van der Waals surface area contributed by atoms with E-state index in [0.29, 0.717) is 6.04 Å². The first-order valence-corrected chi connectivity index (χ1v) is 7.27. The van der Waals surface area contributed by atoms with Crippen LogP contribution < -0.4 is 0 Å². The number of hydrogen-bond donors (Lipinski definition) is 1. The molecule has 2 unspecified atom stereocenters. The highest BCUT2D eigenvalue weighted by atomic mass is 32.2. The molecule has 1 aliphatic rings. The fourth-order valence-corrected chi connectivity index (χ4v) is 3.48. The van der Waals surface area contributed by atoms with E-state index < -0.39 is 5.97 Å². The molecule has 0 aromatic carbocycles. The Hall–Kier alpha value is -1.01. The van der Waals surface area contributed by atoms with Gasteiger partial charge in [-0.25, -0.2) is 4.98 Å². The first-order valence-electron chi connectivity index (χ1n) is 6.29. The third-order valence-electron chi connectivity index (χ3n) is 3.89. The highest BCUT2D eigenvalue weighted by Crippen LogP contribution is 2.52. The summed E-state index contributed by atoms with van der Waals surface area (Å²) in [6.45, 7) is 6.29. The van der Waals surface area contributed by atoms with Gasteiger partial charge in [0.05, 0.1) is 17.6 Å². The van der Waals surface area contributed by atoms with Crippen molar-refractivity contribution in [3.05, 3.63) is 11.9 Å². The van der Waals surface area contributed by atoms with Gasteiger partial charge in [-0.2, -0.15) is 0 Å². The van der Waals surface area contributed by atoms with Crippen molar-refractivity contribution in [2.75, 3.05) is 12.9 Å². The van der Waals surface area contributed by atoms with E-state index >= 15 is 0 Å². The maximum Gasteiger partial charge on any atom is 0.313 e. The van der Waals surface area contributed by atoms with Gasteiger partial charge in [0.2, 0.25) is 0 Å². The number of carbonyl (C=O) groups is 1. The second-order valence-corrected chi connectivity index (χ2v) is 6.49. The van der Waals surface area contributed by atoms with E-state index in [1.54, 1.807) is 7.11 Å². The van der Waals surface area contributed by atoms with Crippen molar-refractivity contribution in [1.29, 1.82) is 0 Å². The highest BCUT2D eigenvalue weighted by Gasteiger charge is 2.50. The number of imidazole rings is 1. The quantitative estimate of drug-likeness (QED) is 0.841. The Morgan fingerprint density at radius 2 is 2.37 bits per heavy atom. The summed E-state index contributed by atoms with van der Waals surface area (Å²) in [5.74, 6) is -0.781. The van der Waals surface area contributed by atoms with Gasteiger partial charge in [-0.3, -0.25) is 4.79 Å². The molecule has 2 atom stereocenters. The zero-order chi connectivity index (χ0) is 14.2. The normalized spacial score (nSPS) is 25.1. The van der Waals surface area contributed by atoms with Crippen LogP contribution in [0.4, 0.5) is 0 Å². The fourth-order valence-electron chi connectivity index (χ4n) is 2.69. The Labute approximate surface area is 117 Å². The lowest BCUT2D eigenvalue weighted by atomic mass is 9.64. The van der Waals surface area contributed by atoms with Crippen molar-refractivity contribution in [1.82, 2.24) is 9.55 Å². The van der Waals surface area contributed by atoms with Crippen LogP contribution in [0.1, 0.15) is 32.0 Å². The van der Waals surface area contributed by atoms with Crippen LogP contribution in [0.2, 0.25) is 0 Å². The van der Waals surface area contributed by atoms with Crippen molar-refractivity contribution in [3.63, 3.8) is 0 Å². The number of aryl methyl sites for hydroxylation is 1. The average molecular weight is 284 g/mol. The standard InChI is InChI=1S/C13H20N2O3S/c1-8-6-15(12(14-8)19-7-11(16)17)9-5-10(18-4)13(9,2)3/h6,9-10H,5,7H2,1-4H3,(H,16,17). The zero-order valence-corrected chi connectivity index (χ0v) is 12.5. The first kappa shape index (κ1) is 14.4. The van der Waals surface area contributed by atoms with E-state index in [1.807, 2.05) is 13.1 Å². The molecule has 1 aliphatic carbocycles. The van der Waals surface area contributed by atoms with Crippen molar-refractivity contribution in [3.8, 4) is 0 Å². The summed E-state index contributed by atoms with van der Waals surface area (Å²) < 4.78 is 7.57. The van der Waals surface area contributed by atoms with Crippen LogP contribution in [-0.2, 0) is 9.53 Å². The number of aromatic nitrogens is 2. The molecule has 1 saturated carbocycles. The minimum atomic E-state index is -0.820. The van der Waals surface area contributed by atoms with E-state index in [2.05, 4.69) is 23.4 Å². The second kappa shape index (κ2) is 5.17. The molecule has 1 fully saturated rings. The molecule has 2 rings (SSSR count). The lowest BCUT2D eigenvalue weighted by Gasteiger charge is -2.51. The minimum Gasteiger partial charge on any atom is -0.481 e. The molecule has 1 aromatic heterocycles.